The number of fused-ring (bicyclic) bond motifs is 1. The molecule has 4 heteroatoms. The summed E-state index contributed by atoms with van der Waals surface area (Å²) in [6, 6.07) is 17.5. The molecule has 2 N–H and O–H groups in total. The maximum absolute atomic E-state index is 12.3. The summed E-state index contributed by atoms with van der Waals surface area (Å²) in [5.74, 6) is -0.255. The molecular weight excluding hydrogens is 286 g/mol. The molecule has 0 atom stereocenters. The summed E-state index contributed by atoms with van der Waals surface area (Å²) in [4.78, 5) is 12.3. The van der Waals surface area contributed by atoms with E-state index in [1.165, 1.54) is 0 Å². The Kier molecular flexibility index (Phi) is 3.50. The predicted molar refractivity (Wildman–Crippen MR) is 85.0 cm³/mol. The van der Waals surface area contributed by atoms with Crippen LogP contribution in [-0.4, -0.2) is 11.0 Å². The number of anilines is 1. The van der Waals surface area contributed by atoms with Crippen LogP contribution in [0.15, 0.2) is 60.7 Å². The van der Waals surface area contributed by atoms with Crippen LogP contribution < -0.4 is 5.32 Å². The van der Waals surface area contributed by atoms with E-state index in [4.69, 9.17) is 11.6 Å². The third kappa shape index (κ3) is 2.69. The van der Waals surface area contributed by atoms with E-state index in [-0.39, 0.29) is 11.7 Å². The van der Waals surface area contributed by atoms with Crippen LogP contribution in [0, 0.1) is 0 Å². The van der Waals surface area contributed by atoms with Crippen LogP contribution in [0.3, 0.4) is 0 Å². The van der Waals surface area contributed by atoms with E-state index in [9.17, 15) is 9.90 Å². The molecule has 0 saturated heterocycles. The Hall–Kier alpha value is -2.52. The number of nitrogens with one attached hydrogen (secondary N) is 1. The molecule has 0 aliphatic carbocycles. The fourth-order valence-corrected chi connectivity index (χ4v) is 2.30. The van der Waals surface area contributed by atoms with Crippen molar-refractivity contribution in [2.75, 3.05) is 5.32 Å². The van der Waals surface area contributed by atoms with Crippen LogP contribution in [-0.2, 0) is 0 Å². The van der Waals surface area contributed by atoms with E-state index >= 15 is 0 Å². The van der Waals surface area contributed by atoms with Crippen molar-refractivity contribution in [2.45, 2.75) is 0 Å². The molecule has 21 heavy (non-hydrogen) atoms. The van der Waals surface area contributed by atoms with Crippen LogP contribution >= 0.6 is 11.6 Å². The van der Waals surface area contributed by atoms with Crippen molar-refractivity contribution in [2.24, 2.45) is 0 Å². The first-order chi connectivity index (χ1) is 10.1. The summed E-state index contributed by atoms with van der Waals surface area (Å²) in [6.07, 6.45) is 0. The third-order valence-corrected chi connectivity index (χ3v) is 3.50. The Balaban J connectivity index is 1.99. The van der Waals surface area contributed by atoms with Gasteiger partial charge in [0.25, 0.3) is 5.91 Å². The lowest BCUT2D eigenvalue weighted by Gasteiger charge is -2.11. The van der Waals surface area contributed by atoms with E-state index in [1.807, 2.05) is 30.3 Å². The highest BCUT2D eigenvalue weighted by Gasteiger charge is 2.11. The number of amides is 1. The SMILES string of the molecule is O=C(Nc1c(O)ccc2ccccc12)c1ccc(Cl)cc1. The highest BCUT2D eigenvalue weighted by Crippen LogP contribution is 2.32. The third-order valence-electron chi connectivity index (χ3n) is 3.25. The Morgan fingerprint density at radius 1 is 0.952 bits per heavy atom. The van der Waals surface area contributed by atoms with E-state index in [0.29, 0.717) is 16.3 Å². The van der Waals surface area contributed by atoms with Crippen molar-refractivity contribution >= 4 is 34.0 Å². The maximum Gasteiger partial charge on any atom is 0.255 e. The number of hydrogen-bond acceptors (Lipinski definition) is 2. The highest BCUT2D eigenvalue weighted by molar-refractivity contribution is 6.30. The van der Waals surface area contributed by atoms with Gasteiger partial charge in [-0.3, -0.25) is 4.79 Å². The summed E-state index contributed by atoms with van der Waals surface area (Å²) in [6.45, 7) is 0. The Morgan fingerprint density at radius 2 is 1.67 bits per heavy atom. The number of phenols is 1. The van der Waals surface area contributed by atoms with Crippen LogP contribution in [0.25, 0.3) is 10.8 Å². The molecule has 0 spiro atoms. The molecule has 0 aliphatic heterocycles. The van der Waals surface area contributed by atoms with Crippen molar-refractivity contribution < 1.29 is 9.90 Å². The van der Waals surface area contributed by atoms with Gasteiger partial charge in [-0.25, -0.2) is 0 Å². The molecule has 0 radical (unpaired) electrons. The number of benzene rings is 3. The quantitative estimate of drug-likeness (QED) is 0.687. The van der Waals surface area contributed by atoms with Crippen LogP contribution in [0.2, 0.25) is 5.02 Å². The average Bonchev–Trinajstić information content (AvgIpc) is 2.51. The monoisotopic (exact) mass is 297 g/mol. The van der Waals surface area contributed by atoms with Gasteiger partial charge in [0.2, 0.25) is 0 Å². The normalized spacial score (nSPS) is 10.5. The Bertz CT molecular complexity index is 813. The number of carbonyl (C=O) groups is 1. The molecule has 3 nitrogen and oxygen atoms in total. The second kappa shape index (κ2) is 5.46. The fourth-order valence-electron chi connectivity index (χ4n) is 2.18. The first-order valence-corrected chi connectivity index (χ1v) is 6.80. The number of phenolic OH excluding ortho intramolecular Hbond substituents is 1. The van der Waals surface area contributed by atoms with Crippen molar-refractivity contribution in [1.29, 1.82) is 0 Å². The zero-order valence-electron chi connectivity index (χ0n) is 11.0. The van der Waals surface area contributed by atoms with Gasteiger partial charge in [-0.05, 0) is 35.7 Å². The topological polar surface area (TPSA) is 49.3 Å². The molecule has 1 amide bonds. The van der Waals surface area contributed by atoms with Gasteiger partial charge in [0, 0.05) is 16.0 Å². The molecule has 0 bridgehead atoms. The van der Waals surface area contributed by atoms with Crippen molar-refractivity contribution in [3.63, 3.8) is 0 Å². The number of halogens is 1. The van der Waals surface area contributed by atoms with Gasteiger partial charge in [0.1, 0.15) is 5.75 Å². The van der Waals surface area contributed by atoms with Crippen molar-refractivity contribution in [3.05, 3.63) is 71.2 Å². The Labute approximate surface area is 126 Å². The molecule has 3 aromatic carbocycles. The van der Waals surface area contributed by atoms with Crippen molar-refractivity contribution in [3.8, 4) is 5.75 Å². The lowest BCUT2D eigenvalue weighted by atomic mass is 10.1. The molecule has 0 saturated carbocycles. The van der Waals surface area contributed by atoms with E-state index in [0.717, 1.165) is 10.8 Å². The van der Waals surface area contributed by atoms with Crippen LogP contribution in [0.5, 0.6) is 5.75 Å². The summed E-state index contributed by atoms with van der Waals surface area (Å²) in [5, 5.41) is 15.1. The summed E-state index contributed by atoms with van der Waals surface area (Å²) < 4.78 is 0. The molecular formula is C17H12ClNO2. The van der Waals surface area contributed by atoms with E-state index in [2.05, 4.69) is 5.32 Å². The zero-order valence-corrected chi connectivity index (χ0v) is 11.8. The maximum atomic E-state index is 12.3. The van der Waals surface area contributed by atoms with Crippen LogP contribution in [0.4, 0.5) is 5.69 Å². The van der Waals surface area contributed by atoms with Gasteiger partial charge in [0.05, 0.1) is 5.69 Å². The van der Waals surface area contributed by atoms with Crippen LogP contribution in [0.1, 0.15) is 10.4 Å². The Morgan fingerprint density at radius 3 is 2.43 bits per heavy atom. The molecule has 3 aromatic rings. The second-order valence-electron chi connectivity index (χ2n) is 4.64. The number of hydrogen-bond donors (Lipinski definition) is 2. The lowest BCUT2D eigenvalue weighted by molar-refractivity contribution is 0.102. The fraction of sp³-hybridized carbons (Fsp3) is 0. The molecule has 3 rings (SSSR count). The summed E-state index contributed by atoms with van der Waals surface area (Å²) in [5.41, 5.74) is 0.889. The van der Waals surface area contributed by atoms with Gasteiger partial charge in [-0.15, -0.1) is 0 Å². The van der Waals surface area contributed by atoms with Gasteiger partial charge in [-0.2, -0.15) is 0 Å². The molecule has 104 valence electrons. The molecule has 0 fully saturated rings. The number of rotatable bonds is 2. The summed E-state index contributed by atoms with van der Waals surface area (Å²) >= 11 is 5.81. The van der Waals surface area contributed by atoms with Gasteiger partial charge in [-0.1, -0.05) is 41.9 Å². The van der Waals surface area contributed by atoms with Crippen molar-refractivity contribution in [1.82, 2.24) is 0 Å². The van der Waals surface area contributed by atoms with Gasteiger partial charge in [0.15, 0.2) is 0 Å². The first kappa shape index (κ1) is 13.5. The smallest absolute Gasteiger partial charge is 0.255 e. The second-order valence-corrected chi connectivity index (χ2v) is 5.08. The standard InChI is InChI=1S/C17H12ClNO2/c18-13-8-5-12(6-9-13)17(21)19-16-14-4-2-1-3-11(14)7-10-15(16)20/h1-10,20H,(H,19,21). The average molecular weight is 298 g/mol. The first-order valence-electron chi connectivity index (χ1n) is 6.43. The highest BCUT2D eigenvalue weighted by atomic mass is 35.5. The largest absolute Gasteiger partial charge is 0.506 e. The number of carbonyl (C=O) groups excluding carboxylic acids is 1. The van der Waals surface area contributed by atoms with E-state index in [1.54, 1.807) is 30.3 Å². The predicted octanol–water partition coefficient (Wildman–Crippen LogP) is 4.45. The molecule has 0 heterocycles. The van der Waals surface area contributed by atoms with Gasteiger partial charge < -0.3 is 10.4 Å². The number of aromatic hydroxyl groups is 1. The van der Waals surface area contributed by atoms with Gasteiger partial charge >= 0.3 is 0 Å². The lowest BCUT2D eigenvalue weighted by Crippen LogP contribution is -2.12. The molecule has 0 unspecified atom stereocenters. The zero-order chi connectivity index (χ0) is 14.8. The van der Waals surface area contributed by atoms with E-state index < -0.39 is 0 Å². The molecule has 0 aromatic heterocycles. The minimum absolute atomic E-state index is 0.0380. The summed E-state index contributed by atoms with van der Waals surface area (Å²) in [7, 11) is 0. The molecule has 0 aliphatic rings. The minimum Gasteiger partial charge on any atom is -0.506 e. The minimum atomic E-state index is -0.293.